The van der Waals surface area contributed by atoms with Gasteiger partial charge in [0.15, 0.2) is 0 Å². The third kappa shape index (κ3) is 2.74. The summed E-state index contributed by atoms with van der Waals surface area (Å²) in [5, 5.41) is 0.722. The standard InChI is InChI=1S/C17H14N2O3/c1-19(11-12-5-4-8-18-10-12)16(20)14-9-13-6-2-3-7-15(13)22-17(14)21/h2-10H,11H2,1H3. The smallest absolute Gasteiger partial charge is 0.349 e. The summed E-state index contributed by atoms with van der Waals surface area (Å²) >= 11 is 0. The van der Waals surface area contributed by atoms with Gasteiger partial charge in [-0.15, -0.1) is 0 Å². The Morgan fingerprint density at radius 1 is 1.23 bits per heavy atom. The molecule has 0 N–H and O–H groups in total. The Morgan fingerprint density at radius 2 is 2.05 bits per heavy atom. The predicted molar refractivity (Wildman–Crippen MR) is 82.5 cm³/mol. The van der Waals surface area contributed by atoms with Crippen LogP contribution in [0.3, 0.4) is 0 Å². The summed E-state index contributed by atoms with van der Waals surface area (Å²) in [6, 6.07) is 12.4. The maximum absolute atomic E-state index is 12.5. The number of rotatable bonds is 3. The molecular formula is C17H14N2O3. The van der Waals surface area contributed by atoms with E-state index in [1.807, 2.05) is 12.1 Å². The number of carbonyl (C=O) groups is 1. The van der Waals surface area contributed by atoms with E-state index < -0.39 is 5.63 Å². The van der Waals surface area contributed by atoms with Crippen molar-refractivity contribution in [1.82, 2.24) is 9.88 Å². The molecule has 2 heterocycles. The molecule has 0 radical (unpaired) electrons. The summed E-state index contributed by atoms with van der Waals surface area (Å²) in [5.74, 6) is -0.372. The van der Waals surface area contributed by atoms with Crippen molar-refractivity contribution in [3.05, 3.63) is 76.4 Å². The summed E-state index contributed by atoms with van der Waals surface area (Å²) < 4.78 is 5.20. The van der Waals surface area contributed by atoms with Crippen LogP contribution >= 0.6 is 0 Å². The lowest BCUT2D eigenvalue weighted by Gasteiger charge is -2.16. The first kappa shape index (κ1) is 14.0. The van der Waals surface area contributed by atoms with Crippen molar-refractivity contribution in [1.29, 1.82) is 0 Å². The van der Waals surface area contributed by atoms with Gasteiger partial charge in [-0.05, 0) is 23.8 Å². The van der Waals surface area contributed by atoms with E-state index in [9.17, 15) is 9.59 Å². The Morgan fingerprint density at radius 3 is 2.82 bits per heavy atom. The quantitative estimate of drug-likeness (QED) is 0.696. The molecule has 0 aliphatic rings. The van der Waals surface area contributed by atoms with Crippen LogP contribution in [0.1, 0.15) is 15.9 Å². The molecule has 0 saturated heterocycles. The molecule has 0 saturated carbocycles. The maximum atomic E-state index is 12.5. The van der Waals surface area contributed by atoms with Crippen LogP contribution < -0.4 is 5.63 Å². The molecular weight excluding hydrogens is 280 g/mol. The average Bonchev–Trinajstić information content (AvgIpc) is 2.54. The molecule has 3 aromatic rings. The molecule has 110 valence electrons. The number of nitrogens with zero attached hydrogens (tertiary/aromatic N) is 2. The lowest BCUT2D eigenvalue weighted by molar-refractivity contribution is 0.0781. The van der Waals surface area contributed by atoms with Gasteiger partial charge in [0.05, 0.1) is 0 Å². The van der Waals surface area contributed by atoms with Crippen LogP contribution in [0.5, 0.6) is 0 Å². The molecule has 3 rings (SSSR count). The second kappa shape index (κ2) is 5.81. The van der Waals surface area contributed by atoms with Crippen molar-refractivity contribution in [3.8, 4) is 0 Å². The number of para-hydroxylation sites is 1. The van der Waals surface area contributed by atoms with E-state index in [0.29, 0.717) is 12.1 Å². The second-order valence-electron chi connectivity index (χ2n) is 5.01. The van der Waals surface area contributed by atoms with E-state index in [4.69, 9.17) is 4.42 Å². The summed E-state index contributed by atoms with van der Waals surface area (Å²) in [6.45, 7) is 0.374. The zero-order valence-corrected chi connectivity index (χ0v) is 12.0. The first-order valence-corrected chi connectivity index (χ1v) is 6.82. The summed E-state index contributed by atoms with van der Waals surface area (Å²) in [5.41, 5.74) is 0.773. The van der Waals surface area contributed by atoms with Gasteiger partial charge in [0.1, 0.15) is 11.1 Å². The highest BCUT2D eigenvalue weighted by atomic mass is 16.4. The van der Waals surface area contributed by atoms with Crippen molar-refractivity contribution in [2.24, 2.45) is 0 Å². The van der Waals surface area contributed by atoms with Gasteiger partial charge in [-0.2, -0.15) is 0 Å². The molecule has 0 unspecified atom stereocenters. The highest BCUT2D eigenvalue weighted by Crippen LogP contribution is 2.14. The van der Waals surface area contributed by atoms with E-state index in [1.165, 1.54) is 4.90 Å². The molecule has 22 heavy (non-hydrogen) atoms. The van der Waals surface area contributed by atoms with Crippen LogP contribution in [0.2, 0.25) is 0 Å². The third-order valence-corrected chi connectivity index (χ3v) is 3.36. The van der Waals surface area contributed by atoms with E-state index in [-0.39, 0.29) is 11.5 Å². The van der Waals surface area contributed by atoms with Crippen molar-refractivity contribution in [3.63, 3.8) is 0 Å². The minimum absolute atomic E-state index is 0.0325. The van der Waals surface area contributed by atoms with Crippen LogP contribution in [0.15, 0.2) is 64.1 Å². The van der Waals surface area contributed by atoms with Crippen molar-refractivity contribution < 1.29 is 9.21 Å². The molecule has 0 atom stereocenters. The Balaban J connectivity index is 1.91. The van der Waals surface area contributed by atoms with Gasteiger partial charge in [-0.25, -0.2) is 4.79 Å². The van der Waals surface area contributed by atoms with E-state index in [1.54, 1.807) is 49.8 Å². The van der Waals surface area contributed by atoms with Crippen molar-refractivity contribution in [2.45, 2.75) is 6.54 Å². The molecule has 0 aliphatic heterocycles. The molecule has 1 amide bonds. The number of benzene rings is 1. The van der Waals surface area contributed by atoms with Gasteiger partial charge in [0.2, 0.25) is 0 Å². The van der Waals surface area contributed by atoms with Gasteiger partial charge in [-0.3, -0.25) is 9.78 Å². The van der Waals surface area contributed by atoms with E-state index >= 15 is 0 Å². The number of fused-ring (bicyclic) bond motifs is 1. The second-order valence-corrected chi connectivity index (χ2v) is 5.01. The summed E-state index contributed by atoms with van der Waals surface area (Å²) in [6.07, 6.45) is 3.36. The Kier molecular flexibility index (Phi) is 3.70. The fourth-order valence-corrected chi connectivity index (χ4v) is 2.25. The highest BCUT2D eigenvalue weighted by molar-refractivity contribution is 5.96. The average molecular weight is 294 g/mol. The fourth-order valence-electron chi connectivity index (χ4n) is 2.25. The number of pyridine rings is 1. The van der Waals surface area contributed by atoms with Crippen LogP contribution in [0.4, 0.5) is 0 Å². The van der Waals surface area contributed by atoms with Crippen LogP contribution in [-0.4, -0.2) is 22.8 Å². The van der Waals surface area contributed by atoms with Gasteiger partial charge in [0, 0.05) is 31.4 Å². The maximum Gasteiger partial charge on any atom is 0.349 e. The predicted octanol–water partition coefficient (Wildman–Crippen LogP) is 2.46. The zero-order valence-electron chi connectivity index (χ0n) is 12.0. The molecule has 1 aromatic carbocycles. The van der Waals surface area contributed by atoms with Crippen LogP contribution in [0, 0.1) is 0 Å². The minimum atomic E-state index is -0.623. The fraction of sp³-hybridized carbons (Fsp3) is 0.118. The molecule has 0 spiro atoms. The van der Waals surface area contributed by atoms with Gasteiger partial charge in [-0.1, -0.05) is 24.3 Å². The van der Waals surface area contributed by atoms with Gasteiger partial charge in [0.25, 0.3) is 5.91 Å². The highest BCUT2D eigenvalue weighted by Gasteiger charge is 2.18. The minimum Gasteiger partial charge on any atom is -0.422 e. The first-order valence-electron chi connectivity index (χ1n) is 6.82. The molecule has 5 nitrogen and oxygen atoms in total. The number of aromatic nitrogens is 1. The third-order valence-electron chi connectivity index (χ3n) is 3.36. The first-order chi connectivity index (χ1) is 10.6. The molecule has 5 heteroatoms. The van der Waals surface area contributed by atoms with Crippen molar-refractivity contribution >= 4 is 16.9 Å². The molecule has 2 aromatic heterocycles. The zero-order chi connectivity index (χ0) is 15.5. The molecule has 0 bridgehead atoms. The lowest BCUT2D eigenvalue weighted by atomic mass is 10.1. The van der Waals surface area contributed by atoms with Gasteiger partial charge >= 0.3 is 5.63 Å². The van der Waals surface area contributed by atoms with Crippen molar-refractivity contribution in [2.75, 3.05) is 7.05 Å². The number of carbonyl (C=O) groups excluding carboxylic acids is 1. The number of hydrogen-bond acceptors (Lipinski definition) is 4. The van der Waals surface area contributed by atoms with E-state index in [2.05, 4.69) is 4.98 Å². The lowest BCUT2D eigenvalue weighted by Crippen LogP contribution is -2.30. The van der Waals surface area contributed by atoms with Crippen LogP contribution in [0.25, 0.3) is 11.0 Å². The monoisotopic (exact) mass is 294 g/mol. The Hall–Kier alpha value is -2.95. The van der Waals surface area contributed by atoms with E-state index in [0.717, 1.165) is 10.9 Å². The largest absolute Gasteiger partial charge is 0.422 e. The van der Waals surface area contributed by atoms with Gasteiger partial charge < -0.3 is 9.32 Å². The molecule has 0 fully saturated rings. The number of hydrogen-bond donors (Lipinski definition) is 0. The topological polar surface area (TPSA) is 63.4 Å². The summed E-state index contributed by atoms with van der Waals surface area (Å²) in [7, 11) is 1.64. The normalized spacial score (nSPS) is 10.6. The summed E-state index contributed by atoms with van der Waals surface area (Å²) in [4.78, 5) is 29.9. The van der Waals surface area contributed by atoms with Crippen LogP contribution in [-0.2, 0) is 6.54 Å². The Labute approximate surface area is 126 Å². The SMILES string of the molecule is CN(Cc1cccnc1)C(=O)c1cc2ccccc2oc1=O. The molecule has 0 aliphatic carbocycles. The Bertz CT molecular complexity index is 872. The number of amides is 1.